The Bertz CT molecular complexity index is 965. The van der Waals surface area contributed by atoms with Crippen molar-refractivity contribution in [3.05, 3.63) is 63.1 Å². The lowest BCUT2D eigenvalue weighted by Gasteiger charge is -2.31. The van der Waals surface area contributed by atoms with E-state index >= 15 is 0 Å². The van der Waals surface area contributed by atoms with Crippen LogP contribution in [0, 0.1) is 5.92 Å². The Morgan fingerprint density at radius 3 is 2.46 bits per heavy atom. The van der Waals surface area contributed by atoms with Crippen LogP contribution in [0.2, 0.25) is 15.1 Å². The third kappa shape index (κ3) is 4.99. The molecule has 0 radical (unpaired) electrons. The van der Waals surface area contributed by atoms with E-state index in [0.717, 1.165) is 5.56 Å². The summed E-state index contributed by atoms with van der Waals surface area (Å²) in [6.07, 6.45) is 1.22. The molecular weight excluding hydrogens is 443 g/mol. The van der Waals surface area contributed by atoms with E-state index in [-0.39, 0.29) is 27.4 Å². The minimum Gasteiger partial charge on any atom is -0.352 e. The Morgan fingerprint density at radius 2 is 1.75 bits per heavy atom. The number of benzene rings is 2. The lowest BCUT2D eigenvalue weighted by molar-refractivity contribution is -0.126. The smallest absolute Gasteiger partial charge is 0.244 e. The number of halogens is 3. The molecule has 0 saturated carbocycles. The average molecular weight is 462 g/mol. The second-order valence-electron chi connectivity index (χ2n) is 6.62. The van der Waals surface area contributed by atoms with Gasteiger partial charge in [0.15, 0.2) is 0 Å². The molecule has 0 aliphatic carbocycles. The molecule has 0 aromatic heterocycles. The van der Waals surface area contributed by atoms with Crippen molar-refractivity contribution in [1.82, 2.24) is 9.62 Å². The predicted molar refractivity (Wildman–Crippen MR) is 111 cm³/mol. The van der Waals surface area contributed by atoms with Gasteiger partial charge in [-0.05, 0) is 48.7 Å². The molecule has 2 aromatic rings. The summed E-state index contributed by atoms with van der Waals surface area (Å²) in [4.78, 5) is 12.5. The zero-order valence-electron chi connectivity index (χ0n) is 14.9. The Labute approximate surface area is 179 Å². The Kier molecular flexibility index (Phi) is 6.89. The van der Waals surface area contributed by atoms with Crippen molar-refractivity contribution >= 4 is 50.7 Å². The Balaban J connectivity index is 1.68. The fourth-order valence-corrected chi connectivity index (χ4v) is 5.51. The van der Waals surface area contributed by atoms with Gasteiger partial charge in [-0.25, -0.2) is 8.42 Å². The summed E-state index contributed by atoms with van der Waals surface area (Å²) in [5.74, 6) is -0.596. The summed E-state index contributed by atoms with van der Waals surface area (Å²) in [5.41, 5.74) is 0.920. The van der Waals surface area contributed by atoms with Gasteiger partial charge in [0.25, 0.3) is 0 Å². The molecule has 1 atom stereocenters. The van der Waals surface area contributed by atoms with Crippen molar-refractivity contribution in [3.8, 4) is 0 Å². The first-order chi connectivity index (χ1) is 13.3. The molecule has 9 heteroatoms. The summed E-state index contributed by atoms with van der Waals surface area (Å²) in [6, 6.07) is 11.5. The van der Waals surface area contributed by atoms with Gasteiger partial charge in [0.2, 0.25) is 15.9 Å². The zero-order chi connectivity index (χ0) is 20.3. The summed E-state index contributed by atoms with van der Waals surface area (Å²) in [7, 11) is -3.83. The molecule has 1 amide bonds. The van der Waals surface area contributed by atoms with Crippen LogP contribution in [0.5, 0.6) is 0 Å². The first kappa shape index (κ1) is 21.4. The standard InChI is InChI=1S/C19H19Cl3N2O3S/c20-15-5-3-13(4-6-15)11-23-19(25)14-2-1-9-24(12-14)28(26,27)18-10-16(21)7-8-17(18)22/h3-8,10,14H,1-2,9,11-12H2,(H,23,25)/t14-/m0/s1. The van der Waals surface area contributed by atoms with Crippen molar-refractivity contribution in [3.63, 3.8) is 0 Å². The Morgan fingerprint density at radius 1 is 1.07 bits per heavy atom. The molecule has 1 N–H and O–H groups in total. The van der Waals surface area contributed by atoms with E-state index in [9.17, 15) is 13.2 Å². The van der Waals surface area contributed by atoms with E-state index in [4.69, 9.17) is 34.8 Å². The highest BCUT2D eigenvalue weighted by molar-refractivity contribution is 7.89. The number of hydrogen-bond acceptors (Lipinski definition) is 3. The number of hydrogen-bond donors (Lipinski definition) is 1. The lowest BCUT2D eigenvalue weighted by Crippen LogP contribution is -2.45. The van der Waals surface area contributed by atoms with Crippen LogP contribution in [0.15, 0.2) is 47.4 Å². The molecule has 0 bridgehead atoms. The van der Waals surface area contributed by atoms with Crippen LogP contribution in [-0.2, 0) is 21.4 Å². The maximum absolute atomic E-state index is 13.0. The number of nitrogens with zero attached hydrogens (tertiary/aromatic N) is 1. The number of nitrogens with one attached hydrogen (secondary N) is 1. The topological polar surface area (TPSA) is 66.5 Å². The summed E-state index contributed by atoms with van der Waals surface area (Å²) in [5, 5.41) is 3.90. The van der Waals surface area contributed by atoms with Gasteiger partial charge >= 0.3 is 0 Å². The summed E-state index contributed by atoms with van der Waals surface area (Å²) >= 11 is 17.9. The van der Waals surface area contributed by atoms with Crippen molar-refractivity contribution in [2.24, 2.45) is 5.92 Å². The van der Waals surface area contributed by atoms with Gasteiger partial charge in [-0.1, -0.05) is 46.9 Å². The van der Waals surface area contributed by atoms with Crippen LogP contribution in [0.25, 0.3) is 0 Å². The average Bonchev–Trinajstić information content (AvgIpc) is 2.69. The van der Waals surface area contributed by atoms with Crippen molar-refractivity contribution in [2.75, 3.05) is 13.1 Å². The molecule has 5 nitrogen and oxygen atoms in total. The van der Waals surface area contributed by atoms with Crippen LogP contribution < -0.4 is 5.32 Å². The third-order valence-corrected chi connectivity index (χ3v) is 7.48. The van der Waals surface area contributed by atoms with E-state index in [1.54, 1.807) is 12.1 Å². The van der Waals surface area contributed by atoms with Crippen molar-refractivity contribution in [2.45, 2.75) is 24.3 Å². The van der Waals surface area contributed by atoms with Gasteiger partial charge in [0, 0.05) is 29.7 Å². The molecule has 1 saturated heterocycles. The van der Waals surface area contributed by atoms with Gasteiger partial charge < -0.3 is 5.32 Å². The van der Waals surface area contributed by atoms with E-state index in [0.29, 0.717) is 31.0 Å². The summed E-state index contributed by atoms with van der Waals surface area (Å²) in [6.45, 7) is 0.809. The molecule has 1 aliphatic rings. The third-order valence-electron chi connectivity index (χ3n) is 4.65. The van der Waals surface area contributed by atoms with Gasteiger partial charge in [-0.3, -0.25) is 4.79 Å². The maximum Gasteiger partial charge on any atom is 0.244 e. The first-order valence-corrected chi connectivity index (χ1v) is 11.3. The largest absolute Gasteiger partial charge is 0.352 e. The molecule has 2 aromatic carbocycles. The highest BCUT2D eigenvalue weighted by Gasteiger charge is 2.34. The van der Waals surface area contributed by atoms with Gasteiger partial charge in [-0.15, -0.1) is 0 Å². The molecule has 0 spiro atoms. The quantitative estimate of drug-likeness (QED) is 0.719. The molecule has 0 unspecified atom stereocenters. The molecular formula is C19H19Cl3N2O3S. The minimum absolute atomic E-state index is 0.0381. The maximum atomic E-state index is 13.0. The van der Waals surface area contributed by atoms with Crippen LogP contribution in [-0.4, -0.2) is 31.7 Å². The number of carbonyl (C=O) groups is 1. The molecule has 1 heterocycles. The number of piperidine rings is 1. The molecule has 1 fully saturated rings. The molecule has 1 aliphatic heterocycles. The predicted octanol–water partition coefficient (Wildman–Crippen LogP) is 4.36. The molecule has 3 rings (SSSR count). The number of sulfonamides is 1. The normalized spacial score (nSPS) is 18.0. The fraction of sp³-hybridized carbons (Fsp3) is 0.316. The van der Waals surface area contributed by atoms with Crippen LogP contribution in [0.1, 0.15) is 18.4 Å². The molecule has 150 valence electrons. The SMILES string of the molecule is O=C(NCc1ccc(Cl)cc1)[C@H]1CCCN(S(=O)(=O)c2cc(Cl)ccc2Cl)C1. The zero-order valence-corrected chi connectivity index (χ0v) is 18.0. The number of amides is 1. The van der Waals surface area contributed by atoms with E-state index < -0.39 is 15.9 Å². The minimum atomic E-state index is -3.83. The van der Waals surface area contributed by atoms with Crippen molar-refractivity contribution < 1.29 is 13.2 Å². The summed E-state index contributed by atoms with van der Waals surface area (Å²) < 4.78 is 27.3. The highest BCUT2D eigenvalue weighted by atomic mass is 35.5. The van der Waals surface area contributed by atoms with Gasteiger partial charge in [-0.2, -0.15) is 4.31 Å². The number of carbonyl (C=O) groups excluding carboxylic acids is 1. The fourth-order valence-electron chi connectivity index (χ4n) is 3.12. The number of rotatable bonds is 5. The first-order valence-electron chi connectivity index (χ1n) is 8.75. The van der Waals surface area contributed by atoms with Gasteiger partial charge in [0.05, 0.1) is 10.9 Å². The second-order valence-corrected chi connectivity index (χ2v) is 9.81. The van der Waals surface area contributed by atoms with Gasteiger partial charge in [0.1, 0.15) is 4.90 Å². The van der Waals surface area contributed by atoms with E-state index in [1.165, 1.54) is 22.5 Å². The Hall–Kier alpha value is -1.31. The highest BCUT2D eigenvalue weighted by Crippen LogP contribution is 2.30. The van der Waals surface area contributed by atoms with Crippen LogP contribution in [0.4, 0.5) is 0 Å². The van der Waals surface area contributed by atoms with Crippen molar-refractivity contribution in [1.29, 1.82) is 0 Å². The van der Waals surface area contributed by atoms with E-state index in [2.05, 4.69) is 5.32 Å². The van der Waals surface area contributed by atoms with Crippen LogP contribution in [0.3, 0.4) is 0 Å². The molecule has 28 heavy (non-hydrogen) atoms. The monoisotopic (exact) mass is 460 g/mol. The van der Waals surface area contributed by atoms with Crippen LogP contribution >= 0.6 is 34.8 Å². The second kappa shape index (κ2) is 9.01. The van der Waals surface area contributed by atoms with E-state index in [1.807, 2.05) is 12.1 Å². The lowest BCUT2D eigenvalue weighted by atomic mass is 9.99.